The fourth-order valence-corrected chi connectivity index (χ4v) is 3.29. The molecule has 0 heterocycles. The summed E-state index contributed by atoms with van der Waals surface area (Å²) in [7, 11) is 0. The number of hydrogen-bond acceptors (Lipinski definition) is 3. The number of benzene rings is 2. The van der Waals surface area contributed by atoms with Crippen LogP contribution in [0.2, 0.25) is 0 Å². The number of nitrogens with zero attached hydrogens (tertiary/aromatic N) is 1. The zero-order valence-corrected chi connectivity index (χ0v) is 19.9. The first-order valence-electron chi connectivity index (χ1n) is 10.9. The maximum absolute atomic E-state index is 13.2. The van der Waals surface area contributed by atoms with Crippen LogP contribution in [0.3, 0.4) is 0 Å². The molecule has 2 amide bonds. The summed E-state index contributed by atoms with van der Waals surface area (Å²) < 4.78 is 5.79. The van der Waals surface area contributed by atoms with Gasteiger partial charge in [-0.1, -0.05) is 42.8 Å². The fraction of sp³-hybridized carbons (Fsp3) is 0.462. The minimum Gasteiger partial charge on any atom is -0.484 e. The van der Waals surface area contributed by atoms with Gasteiger partial charge in [-0.3, -0.25) is 9.59 Å². The second-order valence-corrected chi connectivity index (χ2v) is 9.21. The van der Waals surface area contributed by atoms with Gasteiger partial charge < -0.3 is 15.0 Å². The summed E-state index contributed by atoms with van der Waals surface area (Å²) in [5.74, 6) is 0.287. The summed E-state index contributed by atoms with van der Waals surface area (Å²) in [6.07, 6.45) is 0.517. The van der Waals surface area contributed by atoms with Gasteiger partial charge in [-0.2, -0.15) is 0 Å². The maximum atomic E-state index is 13.2. The van der Waals surface area contributed by atoms with Crippen LogP contribution in [-0.4, -0.2) is 34.9 Å². The van der Waals surface area contributed by atoms with E-state index in [-0.39, 0.29) is 24.0 Å². The van der Waals surface area contributed by atoms with Crippen molar-refractivity contribution in [3.8, 4) is 5.75 Å². The van der Waals surface area contributed by atoms with E-state index in [1.165, 1.54) is 5.56 Å². The van der Waals surface area contributed by atoms with Crippen molar-refractivity contribution < 1.29 is 14.3 Å². The van der Waals surface area contributed by atoms with E-state index < -0.39 is 6.04 Å². The molecule has 0 spiro atoms. The van der Waals surface area contributed by atoms with Crippen LogP contribution in [0.25, 0.3) is 0 Å². The molecule has 0 aliphatic rings. The minimum atomic E-state index is -0.573. The van der Waals surface area contributed by atoms with E-state index in [0.29, 0.717) is 18.7 Å². The number of carbonyl (C=O) groups is 2. The van der Waals surface area contributed by atoms with Crippen molar-refractivity contribution in [2.45, 2.75) is 73.0 Å². The van der Waals surface area contributed by atoms with Gasteiger partial charge in [0.05, 0.1) is 0 Å². The molecule has 0 aliphatic heterocycles. The molecule has 0 aliphatic carbocycles. The summed E-state index contributed by atoms with van der Waals surface area (Å²) in [5, 5.41) is 3.01. The average Bonchev–Trinajstić information content (AvgIpc) is 2.68. The number of nitrogens with one attached hydrogen (secondary N) is 1. The van der Waals surface area contributed by atoms with E-state index in [0.717, 1.165) is 16.7 Å². The van der Waals surface area contributed by atoms with Gasteiger partial charge in [-0.05, 0) is 76.8 Å². The Labute approximate surface area is 186 Å². The minimum absolute atomic E-state index is 0.117. The first-order valence-corrected chi connectivity index (χ1v) is 10.9. The number of aryl methyl sites for hydroxylation is 3. The molecule has 1 atom stereocenters. The normalized spacial score (nSPS) is 12.2. The smallest absolute Gasteiger partial charge is 0.261 e. The Hall–Kier alpha value is -2.82. The van der Waals surface area contributed by atoms with Crippen LogP contribution in [0.1, 0.15) is 56.4 Å². The van der Waals surface area contributed by atoms with Gasteiger partial charge in [0.25, 0.3) is 5.91 Å². The van der Waals surface area contributed by atoms with Crippen molar-refractivity contribution in [1.82, 2.24) is 10.2 Å². The van der Waals surface area contributed by atoms with Gasteiger partial charge >= 0.3 is 0 Å². The third-order valence-electron chi connectivity index (χ3n) is 5.20. The molecule has 0 bridgehead atoms. The quantitative estimate of drug-likeness (QED) is 0.667. The lowest BCUT2D eigenvalue weighted by atomic mass is 10.1. The van der Waals surface area contributed by atoms with Gasteiger partial charge in [0.2, 0.25) is 5.91 Å². The Balaban J connectivity index is 2.23. The summed E-state index contributed by atoms with van der Waals surface area (Å²) in [6.45, 7) is 14.0. The Morgan fingerprint density at radius 1 is 1.00 bits per heavy atom. The summed E-state index contributed by atoms with van der Waals surface area (Å²) >= 11 is 0. The molecule has 2 aromatic rings. The highest BCUT2D eigenvalue weighted by atomic mass is 16.5. The first-order chi connectivity index (χ1) is 14.5. The van der Waals surface area contributed by atoms with Gasteiger partial charge in [-0.25, -0.2) is 0 Å². The molecular weight excluding hydrogens is 388 g/mol. The van der Waals surface area contributed by atoms with Crippen LogP contribution < -0.4 is 10.1 Å². The summed E-state index contributed by atoms with van der Waals surface area (Å²) in [6, 6.07) is 13.2. The van der Waals surface area contributed by atoms with Crippen LogP contribution in [0.5, 0.6) is 5.75 Å². The highest BCUT2D eigenvalue weighted by molar-refractivity contribution is 5.88. The molecule has 0 radical (unpaired) electrons. The topological polar surface area (TPSA) is 58.6 Å². The molecular formula is C26H36N2O3. The molecule has 1 unspecified atom stereocenters. The number of rotatable bonds is 8. The van der Waals surface area contributed by atoms with Gasteiger partial charge in [0.1, 0.15) is 11.8 Å². The molecule has 0 saturated carbocycles. The molecule has 2 aromatic carbocycles. The zero-order valence-electron chi connectivity index (χ0n) is 19.9. The number of ether oxygens (including phenoxy) is 1. The van der Waals surface area contributed by atoms with E-state index in [1.54, 1.807) is 4.90 Å². The summed E-state index contributed by atoms with van der Waals surface area (Å²) in [4.78, 5) is 27.9. The predicted molar refractivity (Wildman–Crippen MR) is 125 cm³/mol. The van der Waals surface area contributed by atoms with E-state index >= 15 is 0 Å². The van der Waals surface area contributed by atoms with Crippen LogP contribution >= 0.6 is 0 Å². The number of hydrogen-bond donors (Lipinski definition) is 1. The van der Waals surface area contributed by atoms with Gasteiger partial charge in [0.15, 0.2) is 6.61 Å². The van der Waals surface area contributed by atoms with Crippen LogP contribution in [0.15, 0.2) is 42.5 Å². The van der Waals surface area contributed by atoms with E-state index in [4.69, 9.17) is 4.74 Å². The maximum Gasteiger partial charge on any atom is 0.261 e. The second-order valence-electron chi connectivity index (χ2n) is 9.21. The number of amides is 2. The third kappa shape index (κ3) is 7.42. The van der Waals surface area contributed by atoms with E-state index in [2.05, 4.69) is 5.32 Å². The Bertz CT molecular complexity index is 898. The Kier molecular flexibility index (Phi) is 8.26. The van der Waals surface area contributed by atoms with Crippen molar-refractivity contribution >= 4 is 11.8 Å². The molecule has 5 heteroatoms. The molecule has 2 rings (SSSR count). The molecule has 0 aromatic heterocycles. The predicted octanol–water partition coefficient (Wildman–Crippen LogP) is 4.71. The highest BCUT2D eigenvalue weighted by Crippen LogP contribution is 2.18. The molecule has 1 N–H and O–H groups in total. The van der Waals surface area contributed by atoms with Crippen LogP contribution in [0, 0.1) is 20.8 Å². The second kappa shape index (κ2) is 10.5. The van der Waals surface area contributed by atoms with Crippen molar-refractivity contribution in [2.24, 2.45) is 0 Å². The van der Waals surface area contributed by atoms with Crippen molar-refractivity contribution in [3.05, 3.63) is 64.7 Å². The Morgan fingerprint density at radius 3 is 2.19 bits per heavy atom. The lowest BCUT2D eigenvalue weighted by Crippen LogP contribution is -2.54. The van der Waals surface area contributed by atoms with E-state index in [9.17, 15) is 9.59 Å². The largest absolute Gasteiger partial charge is 0.484 e. The standard InChI is InChI=1S/C26H36N2O3/c1-8-23(25(30)27-26(5,6)7)28(16-21-12-9-18(2)10-13-21)24(29)17-31-22-14-11-19(3)20(4)15-22/h9-15,23H,8,16-17H2,1-7H3,(H,27,30). The van der Waals surface area contributed by atoms with Crippen LogP contribution in [-0.2, 0) is 16.1 Å². The lowest BCUT2D eigenvalue weighted by Gasteiger charge is -2.33. The van der Waals surface area contributed by atoms with Crippen molar-refractivity contribution in [3.63, 3.8) is 0 Å². The average molecular weight is 425 g/mol. The lowest BCUT2D eigenvalue weighted by molar-refractivity contribution is -0.143. The monoisotopic (exact) mass is 424 g/mol. The molecule has 0 saturated heterocycles. The zero-order chi connectivity index (χ0) is 23.2. The van der Waals surface area contributed by atoms with Gasteiger partial charge in [-0.15, -0.1) is 0 Å². The fourth-order valence-electron chi connectivity index (χ4n) is 3.29. The van der Waals surface area contributed by atoms with Crippen molar-refractivity contribution in [1.29, 1.82) is 0 Å². The van der Waals surface area contributed by atoms with Crippen molar-refractivity contribution in [2.75, 3.05) is 6.61 Å². The first kappa shape index (κ1) is 24.4. The third-order valence-corrected chi connectivity index (χ3v) is 5.20. The van der Waals surface area contributed by atoms with Gasteiger partial charge in [0, 0.05) is 12.1 Å². The summed E-state index contributed by atoms with van der Waals surface area (Å²) in [5.41, 5.74) is 4.03. The highest BCUT2D eigenvalue weighted by Gasteiger charge is 2.30. The number of carbonyl (C=O) groups excluding carboxylic acids is 2. The SMILES string of the molecule is CCC(C(=O)NC(C)(C)C)N(Cc1ccc(C)cc1)C(=O)COc1ccc(C)c(C)c1. The molecule has 168 valence electrons. The Morgan fingerprint density at radius 2 is 1.65 bits per heavy atom. The van der Waals surface area contributed by atoms with E-state index in [1.807, 2.05) is 90.9 Å². The molecule has 0 fully saturated rings. The molecule has 31 heavy (non-hydrogen) atoms. The van der Waals surface area contributed by atoms with Crippen LogP contribution in [0.4, 0.5) is 0 Å². The molecule has 5 nitrogen and oxygen atoms in total.